The number of carbonyl (C=O) groups is 2. The average molecular weight is 303 g/mol. The molecular weight excluding hydrogens is 270 g/mol. The van der Waals surface area contributed by atoms with Crippen LogP contribution in [0.2, 0.25) is 0 Å². The predicted molar refractivity (Wildman–Crippen MR) is 85.3 cm³/mol. The molecule has 0 saturated carbocycles. The lowest BCUT2D eigenvalue weighted by molar-refractivity contribution is -0.134. The predicted octanol–water partition coefficient (Wildman–Crippen LogP) is 2.86. The molecular formula is C16H33NO4. The van der Waals surface area contributed by atoms with Crippen molar-refractivity contribution in [1.82, 2.24) is 0 Å². The molecule has 0 aliphatic carbocycles. The number of hydrogen-bond donors (Lipinski definition) is 2. The van der Waals surface area contributed by atoms with E-state index in [1.807, 2.05) is 6.92 Å². The molecule has 0 heterocycles. The summed E-state index contributed by atoms with van der Waals surface area (Å²) in [5.74, 6) is 0.109. The standard InChI is InChI=1S/C14H29NO2.C2H4O2/c1-12(2)10-13(3)14(16)11-17-9-7-5-4-6-8-15;1-2(3)4/h12-13H,4-11,15H2,1-3H3;1H3,(H,3,4)/t13-;/m1./s1. The first kappa shape index (κ1) is 22.3. The van der Waals surface area contributed by atoms with Gasteiger partial charge in [-0.1, -0.05) is 33.6 Å². The van der Waals surface area contributed by atoms with Gasteiger partial charge in [0.2, 0.25) is 0 Å². The Kier molecular flexibility index (Phi) is 16.4. The highest BCUT2D eigenvalue weighted by atomic mass is 16.5. The van der Waals surface area contributed by atoms with Crippen LogP contribution in [0, 0.1) is 11.8 Å². The topological polar surface area (TPSA) is 89.6 Å². The summed E-state index contributed by atoms with van der Waals surface area (Å²) >= 11 is 0. The highest BCUT2D eigenvalue weighted by Crippen LogP contribution is 2.12. The van der Waals surface area contributed by atoms with Crippen molar-refractivity contribution < 1.29 is 19.4 Å². The fourth-order valence-electron chi connectivity index (χ4n) is 1.86. The van der Waals surface area contributed by atoms with Gasteiger partial charge in [0.25, 0.3) is 5.97 Å². The van der Waals surface area contributed by atoms with Crippen molar-refractivity contribution in [2.45, 2.75) is 59.8 Å². The summed E-state index contributed by atoms with van der Waals surface area (Å²) in [5, 5.41) is 7.42. The zero-order valence-electron chi connectivity index (χ0n) is 14.1. The first-order chi connectivity index (χ1) is 9.81. The number of hydrogen-bond acceptors (Lipinski definition) is 4. The van der Waals surface area contributed by atoms with Crippen LogP contribution in [0.5, 0.6) is 0 Å². The van der Waals surface area contributed by atoms with E-state index in [-0.39, 0.29) is 18.3 Å². The lowest BCUT2D eigenvalue weighted by atomic mass is 9.95. The number of Topliss-reactive ketones (excluding diaryl/α,β-unsaturated/α-hetero) is 1. The molecule has 21 heavy (non-hydrogen) atoms. The Morgan fingerprint density at radius 3 is 2.10 bits per heavy atom. The number of nitrogens with two attached hydrogens (primary N) is 1. The number of aliphatic carboxylic acids is 1. The van der Waals surface area contributed by atoms with Crippen LogP contribution in [0.25, 0.3) is 0 Å². The molecule has 0 aliphatic rings. The molecule has 0 fully saturated rings. The van der Waals surface area contributed by atoms with Gasteiger partial charge in [-0.05, 0) is 31.7 Å². The molecule has 0 saturated heterocycles. The quantitative estimate of drug-likeness (QED) is 0.573. The number of ether oxygens (including phenoxy) is 1. The fraction of sp³-hybridized carbons (Fsp3) is 0.875. The van der Waals surface area contributed by atoms with E-state index in [0.717, 1.165) is 45.6 Å². The SMILES string of the molecule is CC(=O)O.CC(C)C[C@@H](C)C(=O)COCCCCCCN. The van der Waals surface area contributed by atoms with E-state index in [9.17, 15) is 4.79 Å². The molecule has 0 spiro atoms. The van der Waals surface area contributed by atoms with Gasteiger partial charge < -0.3 is 15.6 Å². The number of rotatable bonds is 11. The van der Waals surface area contributed by atoms with Gasteiger partial charge in [-0.15, -0.1) is 0 Å². The maximum absolute atomic E-state index is 11.7. The van der Waals surface area contributed by atoms with Gasteiger partial charge in [-0.25, -0.2) is 0 Å². The maximum atomic E-state index is 11.7. The van der Waals surface area contributed by atoms with Crippen LogP contribution in [0.4, 0.5) is 0 Å². The van der Waals surface area contributed by atoms with E-state index >= 15 is 0 Å². The summed E-state index contributed by atoms with van der Waals surface area (Å²) in [4.78, 5) is 20.7. The van der Waals surface area contributed by atoms with Crippen molar-refractivity contribution in [1.29, 1.82) is 0 Å². The van der Waals surface area contributed by atoms with Gasteiger partial charge in [0, 0.05) is 19.4 Å². The summed E-state index contributed by atoms with van der Waals surface area (Å²) < 4.78 is 5.40. The van der Waals surface area contributed by atoms with Gasteiger partial charge in [-0.3, -0.25) is 9.59 Å². The minimum absolute atomic E-state index is 0.132. The van der Waals surface area contributed by atoms with E-state index < -0.39 is 5.97 Å². The number of carbonyl (C=O) groups excluding carboxylic acids is 1. The van der Waals surface area contributed by atoms with Crippen molar-refractivity contribution in [2.24, 2.45) is 17.6 Å². The molecule has 1 atom stereocenters. The van der Waals surface area contributed by atoms with E-state index in [4.69, 9.17) is 20.4 Å². The fourth-order valence-corrected chi connectivity index (χ4v) is 1.86. The minimum atomic E-state index is -0.833. The zero-order valence-corrected chi connectivity index (χ0v) is 14.1. The third-order valence-electron chi connectivity index (χ3n) is 2.86. The Labute approximate surface area is 129 Å². The first-order valence-corrected chi connectivity index (χ1v) is 7.81. The molecule has 5 heteroatoms. The van der Waals surface area contributed by atoms with Crippen LogP contribution in [0.3, 0.4) is 0 Å². The normalized spacial score (nSPS) is 11.7. The van der Waals surface area contributed by atoms with Crippen LogP contribution in [-0.2, 0) is 14.3 Å². The number of carboxylic acids is 1. The van der Waals surface area contributed by atoms with E-state index in [1.165, 1.54) is 0 Å². The molecule has 0 aromatic heterocycles. The second-order valence-corrected chi connectivity index (χ2v) is 5.77. The van der Waals surface area contributed by atoms with Crippen molar-refractivity contribution in [3.05, 3.63) is 0 Å². The zero-order chi connectivity index (χ0) is 16.7. The summed E-state index contributed by atoms with van der Waals surface area (Å²) in [6, 6.07) is 0. The van der Waals surface area contributed by atoms with Crippen molar-refractivity contribution in [2.75, 3.05) is 19.8 Å². The number of unbranched alkanes of at least 4 members (excludes halogenated alkanes) is 3. The second-order valence-electron chi connectivity index (χ2n) is 5.77. The van der Waals surface area contributed by atoms with Crippen LogP contribution in [-0.4, -0.2) is 36.6 Å². The second kappa shape index (κ2) is 15.4. The van der Waals surface area contributed by atoms with Gasteiger partial charge in [-0.2, -0.15) is 0 Å². The lowest BCUT2D eigenvalue weighted by Crippen LogP contribution is -2.19. The number of carboxylic acid groups (broad SMARTS) is 1. The Morgan fingerprint density at radius 2 is 1.62 bits per heavy atom. The molecule has 0 aromatic rings. The Bertz CT molecular complexity index is 263. The third kappa shape index (κ3) is 21.5. The largest absolute Gasteiger partial charge is 0.481 e. The van der Waals surface area contributed by atoms with Crippen molar-refractivity contribution >= 4 is 11.8 Å². The minimum Gasteiger partial charge on any atom is -0.481 e. The van der Waals surface area contributed by atoms with Crippen LogP contribution >= 0.6 is 0 Å². The highest BCUT2D eigenvalue weighted by Gasteiger charge is 2.14. The monoisotopic (exact) mass is 303 g/mol. The molecule has 0 aromatic carbocycles. The molecule has 0 radical (unpaired) electrons. The average Bonchev–Trinajstić information content (AvgIpc) is 2.36. The van der Waals surface area contributed by atoms with Crippen LogP contribution in [0.15, 0.2) is 0 Å². The van der Waals surface area contributed by atoms with Gasteiger partial charge in [0.05, 0.1) is 0 Å². The van der Waals surface area contributed by atoms with Crippen molar-refractivity contribution in [3.8, 4) is 0 Å². The molecule has 5 nitrogen and oxygen atoms in total. The maximum Gasteiger partial charge on any atom is 0.300 e. The summed E-state index contributed by atoms with van der Waals surface area (Å²) in [5.41, 5.74) is 5.41. The number of ketones is 1. The summed E-state index contributed by atoms with van der Waals surface area (Å²) in [7, 11) is 0. The van der Waals surface area contributed by atoms with Gasteiger partial charge >= 0.3 is 0 Å². The molecule has 0 bridgehead atoms. The Morgan fingerprint density at radius 1 is 1.10 bits per heavy atom. The summed E-state index contributed by atoms with van der Waals surface area (Å²) in [6.07, 6.45) is 5.39. The lowest BCUT2D eigenvalue weighted by Gasteiger charge is -2.12. The van der Waals surface area contributed by atoms with E-state index in [0.29, 0.717) is 12.5 Å². The molecule has 126 valence electrons. The summed E-state index contributed by atoms with van der Waals surface area (Å²) in [6.45, 7) is 9.11. The van der Waals surface area contributed by atoms with Gasteiger partial charge in [0.1, 0.15) is 6.61 Å². The molecule has 0 unspecified atom stereocenters. The van der Waals surface area contributed by atoms with Crippen LogP contribution in [0.1, 0.15) is 59.8 Å². The van der Waals surface area contributed by atoms with Gasteiger partial charge in [0.15, 0.2) is 5.78 Å². The Balaban J connectivity index is 0. The van der Waals surface area contributed by atoms with E-state index in [1.54, 1.807) is 0 Å². The molecule has 0 aliphatic heterocycles. The van der Waals surface area contributed by atoms with Crippen LogP contribution < -0.4 is 5.73 Å². The Hall–Kier alpha value is -0.940. The van der Waals surface area contributed by atoms with E-state index in [2.05, 4.69) is 13.8 Å². The highest BCUT2D eigenvalue weighted by molar-refractivity contribution is 5.81. The molecule has 3 N–H and O–H groups in total. The first-order valence-electron chi connectivity index (χ1n) is 7.81. The third-order valence-corrected chi connectivity index (χ3v) is 2.86. The molecule has 0 rings (SSSR count). The smallest absolute Gasteiger partial charge is 0.300 e. The van der Waals surface area contributed by atoms with Crippen molar-refractivity contribution in [3.63, 3.8) is 0 Å². The molecule has 0 amide bonds.